The quantitative estimate of drug-likeness (QED) is 0.362. The summed E-state index contributed by atoms with van der Waals surface area (Å²) in [4.78, 5) is 21.0. The molecule has 1 aromatic carbocycles. The van der Waals surface area contributed by atoms with E-state index < -0.39 is 0 Å². The lowest BCUT2D eigenvalue weighted by molar-refractivity contribution is 0.0365. The molecule has 0 bridgehead atoms. The molecule has 8 nitrogen and oxygen atoms in total. The van der Waals surface area contributed by atoms with Crippen LogP contribution in [0.5, 0.6) is 0 Å². The smallest absolute Gasteiger partial charge is 0.337 e. The molecule has 0 radical (unpaired) electrons. The Kier molecular flexibility index (Phi) is 7.60. The maximum absolute atomic E-state index is 11.8. The Morgan fingerprint density at radius 2 is 1.92 bits per heavy atom. The Bertz CT molecular complexity index is 1180. The monoisotopic (exact) mass is 506 g/mol. The fourth-order valence-electron chi connectivity index (χ4n) is 4.80. The van der Waals surface area contributed by atoms with Crippen LogP contribution in [0.25, 0.3) is 11.3 Å². The van der Waals surface area contributed by atoms with E-state index in [1.807, 2.05) is 42.5 Å². The van der Waals surface area contributed by atoms with Gasteiger partial charge in [-0.2, -0.15) is 0 Å². The van der Waals surface area contributed by atoms with Crippen LogP contribution in [0.4, 0.5) is 0 Å². The summed E-state index contributed by atoms with van der Waals surface area (Å²) >= 11 is 5.78. The van der Waals surface area contributed by atoms with E-state index in [-0.39, 0.29) is 18.1 Å². The van der Waals surface area contributed by atoms with E-state index in [4.69, 9.17) is 26.1 Å². The number of nitrogens with zero attached hydrogens (tertiary/aromatic N) is 3. The highest BCUT2D eigenvalue weighted by molar-refractivity contribution is 7.80. The Morgan fingerprint density at radius 3 is 2.64 bits per heavy atom. The van der Waals surface area contributed by atoms with E-state index in [0.29, 0.717) is 10.7 Å². The largest absolute Gasteiger partial charge is 0.465 e. The van der Waals surface area contributed by atoms with Crippen molar-refractivity contribution in [3.8, 4) is 11.3 Å². The molecular formula is C27H30N4O4S. The number of thiocarbonyl (C=S) groups is 1. The Labute approximate surface area is 216 Å². The van der Waals surface area contributed by atoms with Crippen molar-refractivity contribution in [3.63, 3.8) is 0 Å². The maximum atomic E-state index is 11.8. The number of carbonyl (C=O) groups is 1. The van der Waals surface area contributed by atoms with Gasteiger partial charge in [0, 0.05) is 37.9 Å². The van der Waals surface area contributed by atoms with Crippen molar-refractivity contribution in [2.24, 2.45) is 0 Å². The number of nitrogens with one attached hydrogen (secondary N) is 1. The predicted octanol–water partition coefficient (Wildman–Crippen LogP) is 3.82. The van der Waals surface area contributed by atoms with Crippen molar-refractivity contribution in [2.75, 3.05) is 46.5 Å². The summed E-state index contributed by atoms with van der Waals surface area (Å²) in [6.45, 7) is 5.34. The first-order valence-corrected chi connectivity index (χ1v) is 12.6. The average molecular weight is 507 g/mol. The molecule has 2 aliphatic heterocycles. The zero-order valence-electron chi connectivity index (χ0n) is 20.3. The topological polar surface area (TPSA) is 80.1 Å². The molecule has 0 aliphatic carbocycles. The number of pyridine rings is 1. The lowest BCUT2D eigenvalue weighted by Gasteiger charge is -2.29. The summed E-state index contributed by atoms with van der Waals surface area (Å²) in [5.74, 6) is 1.18. The summed E-state index contributed by atoms with van der Waals surface area (Å²) in [6.07, 6.45) is 2.78. The van der Waals surface area contributed by atoms with Crippen LogP contribution < -0.4 is 5.32 Å². The van der Waals surface area contributed by atoms with E-state index in [0.717, 1.165) is 68.6 Å². The Balaban J connectivity index is 1.38. The van der Waals surface area contributed by atoms with Crippen LogP contribution in [-0.4, -0.2) is 72.4 Å². The van der Waals surface area contributed by atoms with E-state index in [1.54, 1.807) is 18.3 Å². The third-order valence-electron chi connectivity index (χ3n) is 6.68. The van der Waals surface area contributed by atoms with Gasteiger partial charge in [-0.05, 0) is 55.0 Å². The second-order valence-corrected chi connectivity index (χ2v) is 9.29. The van der Waals surface area contributed by atoms with E-state index in [9.17, 15) is 4.79 Å². The lowest BCUT2D eigenvalue weighted by atomic mass is 10.0. The number of rotatable bonds is 8. The molecule has 3 aromatic rings. The highest BCUT2D eigenvalue weighted by atomic mass is 32.1. The number of ether oxygens (including phenoxy) is 2. The number of carbonyl (C=O) groups excluding carboxylic acids is 1. The number of esters is 1. The van der Waals surface area contributed by atoms with Gasteiger partial charge in [-0.1, -0.05) is 18.2 Å². The lowest BCUT2D eigenvalue weighted by Crippen LogP contribution is -2.38. The minimum atomic E-state index is -0.363. The number of aromatic nitrogens is 1. The van der Waals surface area contributed by atoms with Crippen molar-refractivity contribution in [3.05, 3.63) is 77.8 Å². The molecule has 2 saturated heterocycles. The minimum absolute atomic E-state index is 0.122. The maximum Gasteiger partial charge on any atom is 0.337 e. The molecule has 0 spiro atoms. The summed E-state index contributed by atoms with van der Waals surface area (Å²) in [5, 5.41) is 4.19. The molecule has 0 saturated carbocycles. The second-order valence-electron chi connectivity index (χ2n) is 8.90. The number of morpholine rings is 1. The van der Waals surface area contributed by atoms with Gasteiger partial charge < -0.3 is 24.1 Å². The van der Waals surface area contributed by atoms with Gasteiger partial charge in [-0.3, -0.25) is 9.88 Å². The number of hydrogen-bond acceptors (Lipinski definition) is 7. The van der Waals surface area contributed by atoms with Crippen molar-refractivity contribution in [1.29, 1.82) is 0 Å². The van der Waals surface area contributed by atoms with Crippen LogP contribution in [0.15, 0.2) is 65.2 Å². The molecule has 4 heterocycles. The van der Waals surface area contributed by atoms with E-state index >= 15 is 0 Å². The van der Waals surface area contributed by atoms with Crippen molar-refractivity contribution < 1.29 is 18.7 Å². The molecule has 9 heteroatoms. The van der Waals surface area contributed by atoms with Gasteiger partial charge in [-0.25, -0.2) is 4.79 Å². The Morgan fingerprint density at radius 1 is 1.11 bits per heavy atom. The third-order valence-corrected chi connectivity index (χ3v) is 7.04. The normalized spacial score (nSPS) is 20.4. The molecule has 2 aromatic heterocycles. The standard InChI is InChI=1S/C27H30N4O4S/c1-33-26(32)20-8-6-19(7-9-20)22-10-11-23(35-22)25-24(21-5-2-3-12-28-21)29-27(36)31(25)14-4-13-30-15-17-34-18-16-30/h2-3,5-12,24-25H,4,13-18H2,1H3,(H,29,36)/t24-,25-/m0/s1. The first-order chi connectivity index (χ1) is 17.6. The zero-order chi connectivity index (χ0) is 24.9. The predicted molar refractivity (Wildman–Crippen MR) is 140 cm³/mol. The second kappa shape index (κ2) is 11.2. The van der Waals surface area contributed by atoms with Crippen LogP contribution in [0, 0.1) is 0 Å². The van der Waals surface area contributed by atoms with Crippen molar-refractivity contribution in [1.82, 2.24) is 20.1 Å². The molecule has 188 valence electrons. The van der Waals surface area contributed by atoms with Gasteiger partial charge in [0.15, 0.2) is 5.11 Å². The van der Waals surface area contributed by atoms with Crippen LogP contribution in [0.2, 0.25) is 0 Å². The summed E-state index contributed by atoms with van der Waals surface area (Å²) in [5.41, 5.74) is 2.30. The Hall–Kier alpha value is -3.27. The molecule has 1 N–H and O–H groups in total. The molecule has 2 atom stereocenters. The number of benzene rings is 1. The molecule has 2 aliphatic rings. The van der Waals surface area contributed by atoms with E-state index in [2.05, 4.69) is 20.1 Å². The van der Waals surface area contributed by atoms with Gasteiger partial charge in [0.05, 0.1) is 37.6 Å². The average Bonchev–Trinajstić information content (AvgIpc) is 3.54. The van der Waals surface area contributed by atoms with E-state index in [1.165, 1.54) is 7.11 Å². The number of furan rings is 1. The third kappa shape index (κ3) is 5.28. The molecule has 0 amide bonds. The fraction of sp³-hybridized carbons (Fsp3) is 0.370. The highest BCUT2D eigenvalue weighted by Crippen LogP contribution is 2.40. The van der Waals surface area contributed by atoms with Crippen molar-refractivity contribution in [2.45, 2.75) is 18.5 Å². The first kappa shape index (κ1) is 24.4. The van der Waals surface area contributed by atoms with Gasteiger partial charge in [0.25, 0.3) is 0 Å². The minimum Gasteiger partial charge on any atom is -0.465 e. The highest BCUT2D eigenvalue weighted by Gasteiger charge is 2.41. The van der Waals surface area contributed by atoms with Crippen LogP contribution >= 0.6 is 12.2 Å². The summed E-state index contributed by atoms with van der Waals surface area (Å²) in [6, 6.07) is 16.8. The first-order valence-electron chi connectivity index (χ1n) is 12.2. The molecule has 2 fully saturated rings. The SMILES string of the molecule is COC(=O)c1ccc(-c2ccc([C@H]3[C@H](c4ccccn4)NC(=S)N3CCCN3CCOCC3)o2)cc1. The molecular weight excluding hydrogens is 476 g/mol. The van der Waals surface area contributed by atoms with Crippen LogP contribution in [-0.2, 0) is 9.47 Å². The molecule has 36 heavy (non-hydrogen) atoms. The molecule has 5 rings (SSSR count). The number of methoxy groups -OCH3 is 1. The van der Waals surface area contributed by atoms with Gasteiger partial charge in [0.1, 0.15) is 17.6 Å². The van der Waals surface area contributed by atoms with Gasteiger partial charge >= 0.3 is 5.97 Å². The van der Waals surface area contributed by atoms with Gasteiger partial charge in [0.2, 0.25) is 0 Å². The number of hydrogen-bond donors (Lipinski definition) is 1. The zero-order valence-corrected chi connectivity index (χ0v) is 21.1. The fourth-order valence-corrected chi connectivity index (χ4v) is 5.13. The molecule has 0 unspecified atom stereocenters. The summed E-state index contributed by atoms with van der Waals surface area (Å²) in [7, 11) is 1.37. The van der Waals surface area contributed by atoms with Crippen molar-refractivity contribution >= 4 is 23.3 Å². The van der Waals surface area contributed by atoms with Crippen LogP contribution in [0.1, 0.15) is 40.3 Å². The summed E-state index contributed by atoms with van der Waals surface area (Å²) < 4.78 is 16.7. The van der Waals surface area contributed by atoms with Gasteiger partial charge in [-0.15, -0.1) is 0 Å². The van der Waals surface area contributed by atoms with Crippen LogP contribution in [0.3, 0.4) is 0 Å².